The van der Waals surface area contributed by atoms with Crippen LogP contribution in [-0.2, 0) is 11.2 Å². The lowest BCUT2D eigenvalue weighted by molar-refractivity contribution is -0.130. The molecule has 0 bridgehead atoms. The molecule has 1 atom stereocenters. The number of hydrogen-bond donors (Lipinski definition) is 1. The maximum atomic E-state index is 12.2. The Hall–Kier alpha value is -2.15. The molecule has 7 heteroatoms. The van der Waals surface area contributed by atoms with Crippen LogP contribution in [0, 0.1) is 5.41 Å². The minimum atomic E-state index is 0.0502. The fourth-order valence-corrected chi connectivity index (χ4v) is 2.64. The number of nitrogens with two attached hydrogens (primary N) is 1. The van der Waals surface area contributed by atoms with Crippen molar-refractivity contribution in [3.63, 3.8) is 0 Å². The van der Waals surface area contributed by atoms with E-state index in [1.807, 2.05) is 4.90 Å². The van der Waals surface area contributed by atoms with Gasteiger partial charge in [0.1, 0.15) is 6.26 Å². The first-order valence-electron chi connectivity index (χ1n) is 7.43. The van der Waals surface area contributed by atoms with Crippen LogP contribution < -0.4 is 5.73 Å². The van der Waals surface area contributed by atoms with E-state index in [9.17, 15) is 4.79 Å². The van der Waals surface area contributed by atoms with Crippen molar-refractivity contribution in [2.75, 3.05) is 19.6 Å². The van der Waals surface area contributed by atoms with E-state index in [2.05, 4.69) is 17.1 Å². The van der Waals surface area contributed by atoms with Crippen LogP contribution in [0.4, 0.5) is 0 Å². The summed E-state index contributed by atoms with van der Waals surface area (Å²) in [5.41, 5.74) is 6.58. The molecule has 22 heavy (non-hydrogen) atoms. The van der Waals surface area contributed by atoms with Gasteiger partial charge in [0.25, 0.3) is 0 Å². The molecule has 1 unspecified atom stereocenters. The number of hydrogen-bond acceptors (Lipinski definition) is 6. The Morgan fingerprint density at radius 1 is 1.55 bits per heavy atom. The molecule has 0 radical (unpaired) electrons. The molecule has 0 aliphatic carbocycles. The highest BCUT2D eigenvalue weighted by Crippen LogP contribution is 2.29. The fourth-order valence-electron chi connectivity index (χ4n) is 2.64. The zero-order valence-corrected chi connectivity index (χ0v) is 12.6. The molecule has 2 N–H and O–H groups in total. The van der Waals surface area contributed by atoms with Crippen LogP contribution in [-0.4, -0.2) is 40.6 Å². The molecule has 1 saturated heterocycles. The largest absolute Gasteiger partial charge is 0.472 e. The van der Waals surface area contributed by atoms with E-state index in [1.54, 1.807) is 18.6 Å². The Morgan fingerprint density at radius 3 is 3.09 bits per heavy atom. The Balaban J connectivity index is 1.54. The molecule has 2 aromatic heterocycles. The van der Waals surface area contributed by atoms with Crippen LogP contribution >= 0.6 is 0 Å². The van der Waals surface area contributed by atoms with Crippen molar-refractivity contribution < 1.29 is 13.7 Å². The second kappa shape index (κ2) is 5.92. The maximum Gasteiger partial charge on any atom is 0.227 e. The first kappa shape index (κ1) is 14.8. The van der Waals surface area contributed by atoms with Crippen LogP contribution in [0.3, 0.4) is 0 Å². The molecule has 1 aliphatic rings. The Morgan fingerprint density at radius 2 is 2.41 bits per heavy atom. The van der Waals surface area contributed by atoms with Gasteiger partial charge in [-0.1, -0.05) is 12.1 Å². The first-order chi connectivity index (χ1) is 10.6. The molecule has 2 aromatic rings. The number of carbonyl (C=O) groups is 1. The third-order valence-electron chi connectivity index (χ3n) is 4.20. The number of aryl methyl sites for hydroxylation is 1. The minimum Gasteiger partial charge on any atom is -0.472 e. The van der Waals surface area contributed by atoms with Gasteiger partial charge in [-0.3, -0.25) is 4.79 Å². The van der Waals surface area contributed by atoms with E-state index >= 15 is 0 Å². The predicted octanol–water partition coefficient (Wildman–Crippen LogP) is 1.46. The van der Waals surface area contributed by atoms with Crippen LogP contribution in [0.15, 0.2) is 27.5 Å². The maximum absolute atomic E-state index is 12.2. The van der Waals surface area contributed by atoms with Crippen LogP contribution in [0.1, 0.15) is 25.7 Å². The molecule has 0 aromatic carbocycles. The summed E-state index contributed by atoms with van der Waals surface area (Å²) in [6, 6.07) is 1.76. The number of carbonyl (C=O) groups excluding carboxylic acids is 1. The van der Waals surface area contributed by atoms with Gasteiger partial charge in [-0.15, -0.1) is 0 Å². The molecule has 1 aliphatic heterocycles. The van der Waals surface area contributed by atoms with Gasteiger partial charge in [0.2, 0.25) is 17.6 Å². The van der Waals surface area contributed by atoms with E-state index in [0.717, 1.165) is 25.1 Å². The van der Waals surface area contributed by atoms with Gasteiger partial charge < -0.3 is 19.6 Å². The van der Waals surface area contributed by atoms with Crippen molar-refractivity contribution in [1.29, 1.82) is 0 Å². The summed E-state index contributed by atoms with van der Waals surface area (Å²) < 4.78 is 10.2. The number of rotatable bonds is 5. The van der Waals surface area contributed by atoms with Gasteiger partial charge >= 0.3 is 0 Å². The summed E-state index contributed by atoms with van der Waals surface area (Å²) in [6.07, 6.45) is 4.88. The predicted molar refractivity (Wildman–Crippen MR) is 78.7 cm³/mol. The van der Waals surface area contributed by atoms with Gasteiger partial charge in [-0.25, -0.2) is 0 Å². The topological polar surface area (TPSA) is 98.4 Å². The number of amides is 1. The molecular formula is C15H20N4O3. The van der Waals surface area contributed by atoms with Crippen molar-refractivity contribution in [1.82, 2.24) is 15.0 Å². The first-order valence-corrected chi connectivity index (χ1v) is 7.43. The molecule has 1 amide bonds. The number of nitrogens with zero attached hydrogens (tertiary/aromatic N) is 3. The molecule has 3 rings (SSSR count). The molecule has 3 heterocycles. The highest BCUT2D eigenvalue weighted by molar-refractivity contribution is 5.76. The smallest absolute Gasteiger partial charge is 0.227 e. The van der Waals surface area contributed by atoms with Gasteiger partial charge in [-0.2, -0.15) is 4.98 Å². The van der Waals surface area contributed by atoms with Crippen LogP contribution in [0.5, 0.6) is 0 Å². The van der Waals surface area contributed by atoms with Gasteiger partial charge in [0.15, 0.2) is 0 Å². The molecule has 0 saturated carbocycles. The van der Waals surface area contributed by atoms with E-state index in [0.29, 0.717) is 31.1 Å². The zero-order chi connectivity index (χ0) is 15.6. The van der Waals surface area contributed by atoms with Crippen LogP contribution in [0.2, 0.25) is 0 Å². The monoisotopic (exact) mass is 304 g/mol. The van der Waals surface area contributed by atoms with Crippen molar-refractivity contribution in [2.24, 2.45) is 11.1 Å². The van der Waals surface area contributed by atoms with E-state index in [1.165, 1.54) is 0 Å². The quantitative estimate of drug-likeness (QED) is 0.898. The second-order valence-electron chi connectivity index (χ2n) is 6.10. The summed E-state index contributed by atoms with van der Waals surface area (Å²) in [6.45, 7) is 4.23. The van der Waals surface area contributed by atoms with Crippen molar-refractivity contribution in [3.8, 4) is 11.4 Å². The highest BCUT2D eigenvalue weighted by Gasteiger charge is 2.34. The van der Waals surface area contributed by atoms with Gasteiger partial charge in [-0.05, 0) is 24.4 Å². The van der Waals surface area contributed by atoms with E-state index in [-0.39, 0.29) is 11.3 Å². The lowest BCUT2D eigenvalue weighted by atomic mass is 9.90. The van der Waals surface area contributed by atoms with Crippen molar-refractivity contribution >= 4 is 5.91 Å². The average molecular weight is 304 g/mol. The normalized spacial score (nSPS) is 21.5. The molecule has 7 nitrogen and oxygen atoms in total. The summed E-state index contributed by atoms with van der Waals surface area (Å²) in [5.74, 6) is 1.05. The Bertz CT molecular complexity index is 637. The SMILES string of the molecule is CC1(CN)CCN(C(=O)CCc2nc(-c3ccoc3)no2)C1. The summed E-state index contributed by atoms with van der Waals surface area (Å²) >= 11 is 0. The lowest BCUT2D eigenvalue weighted by Crippen LogP contribution is -2.34. The molecule has 1 fully saturated rings. The molecule has 118 valence electrons. The summed E-state index contributed by atoms with van der Waals surface area (Å²) in [5, 5.41) is 3.88. The molecular weight excluding hydrogens is 284 g/mol. The third-order valence-corrected chi connectivity index (χ3v) is 4.20. The lowest BCUT2D eigenvalue weighted by Gasteiger charge is -2.22. The number of aromatic nitrogens is 2. The number of likely N-dealkylation sites (tertiary alicyclic amines) is 1. The van der Waals surface area contributed by atoms with E-state index in [4.69, 9.17) is 14.7 Å². The third kappa shape index (κ3) is 3.04. The number of furan rings is 1. The van der Waals surface area contributed by atoms with Gasteiger partial charge in [0, 0.05) is 25.9 Å². The highest BCUT2D eigenvalue weighted by atomic mass is 16.5. The average Bonchev–Trinajstić information content (AvgIpc) is 3.25. The van der Waals surface area contributed by atoms with E-state index < -0.39 is 0 Å². The Labute approximate surface area is 128 Å². The minimum absolute atomic E-state index is 0.0502. The second-order valence-corrected chi connectivity index (χ2v) is 6.10. The zero-order valence-electron chi connectivity index (χ0n) is 12.6. The van der Waals surface area contributed by atoms with Crippen molar-refractivity contribution in [2.45, 2.75) is 26.2 Å². The standard InChI is InChI=1S/C15H20N4O3/c1-15(9-16)5-6-19(10-15)13(20)3-2-12-17-14(18-22-12)11-4-7-21-8-11/h4,7-8H,2-3,5-6,9-10,16H2,1H3. The Kier molecular flexibility index (Phi) is 3.98. The fraction of sp³-hybridized carbons (Fsp3) is 0.533. The van der Waals surface area contributed by atoms with Crippen LogP contribution in [0.25, 0.3) is 11.4 Å². The summed E-state index contributed by atoms with van der Waals surface area (Å²) in [4.78, 5) is 18.4. The van der Waals surface area contributed by atoms with Crippen molar-refractivity contribution in [3.05, 3.63) is 24.5 Å². The molecule has 0 spiro atoms. The van der Waals surface area contributed by atoms with Gasteiger partial charge in [0.05, 0.1) is 11.8 Å². The summed E-state index contributed by atoms with van der Waals surface area (Å²) in [7, 11) is 0.